The maximum Gasteiger partial charge on any atom is 0.105 e. The molecule has 0 radical (unpaired) electrons. The number of unbranched alkanes of at least 4 members (excludes halogenated alkanes) is 10. The number of benzene rings is 1. The SMILES string of the molecule is CCCCCCCCCCCCCC1N(CCC)C=CN1c1ccccc1. The lowest BCUT2D eigenvalue weighted by molar-refractivity contribution is 0.279. The van der Waals surface area contributed by atoms with Crippen molar-refractivity contribution in [3.8, 4) is 0 Å². The van der Waals surface area contributed by atoms with Gasteiger partial charge in [0, 0.05) is 24.6 Å². The summed E-state index contributed by atoms with van der Waals surface area (Å²) < 4.78 is 0. The zero-order chi connectivity index (χ0) is 19.2. The predicted octanol–water partition coefficient (Wildman–Crippen LogP) is 7.72. The van der Waals surface area contributed by atoms with Gasteiger partial charge in [-0.15, -0.1) is 0 Å². The highest BCUT2D eigenvalue weighted by molar-refractivity contribution is 5.51. The average Bonchev–Trinajstić information content (AvgIpc) is 3.10. The molecule has 0 bridgehead atoms. The van der Waals surface area contributed by atoms with E-state index in [1.54, 1.807) is 0 Å². The van der Waals surface area contributed by atoms with Gasteiger partial charge in [-0.2, -0.15) is 0 Å². The molecule has 152 valence electrons. The number of anilines is 1. The maximum atomic E-state index is 2.53. The Morgan fingerprint density at radius 2 is 1.26 bits per heavy atom. The molecule has 1 atom stereocenters. The monoisotopic (exact) mass is 370 g/mol. The standard InChI is InChI=1S/C25H42N2/c1-3-5-6-7-8-9-10-11-12-13-17-20-25-26(21-4-2)22-23-27(25)24-18-15-14-16-19-24/h14-16,18-19,22-23,25H,3-13,17,20-21H2,1-2H3. The molecule has 2 heteroatoms. The zero-order valence-corrected chi connectivity index (χ0v) is 17.9. The number of hydrogen-bond acceptors (Lipinski definition) is 2. The van der Waals surface area contributed by atoms with Gasteiger partial charge >= 0.3 is 0 Å². The third-order valence-corrected chi connectivity index (χ3v) is 5.72. The number of para-hydroxylation sites is 1. The first-order valence-corrected chi connectivity index (χ1v) is 11.6. The molecule has 1 unspecified atom stereocenters. The minimum absolute atomic E-state index is 0.505. The minimum Gasteiger partial charge on any atom is -0.356 e. The van der Waals surface area contributed by atoms with Crippen molar-refractivity contribution in [1.82, 2.24) is 4.90 Å². The smallest absolute Gasteiger partial charge is 0.105 e. The lowest BCUT2D eigenvalue weighted by atomic mass is 10.0. The van der Waals surface area contributed by atoms with Crippen LogP contribution in [-0.4, -0.2) is 17.6 Å². The Kier molecular flexibility index (Phi) is 11.1. The molecule has 0 aliphatic carbocycles. The van der Waals surface area contributed by atoms with E-state index in [-0.39, 0.29) is 0 Å². The second-order valence-electron chi connectivity index (χ2n) is 8.08. The Hall–Kier alpha value is -1.44. The van der Waals surface area contributed by atoms with Gasteiger partial charge in [-0.3, -0.25) is 0 Å². The molecule has 1 aromatic rings. The van der Waals surface area contributed by atoms with E-state index in [4.69, 9.17) is 0 Å². The molecule has 0 saturated carbocycles. The lowest BCUT2D eigenvalue weighted by Crippen LogP contribution is -2.39. The summed E-state index contributed by atoms with van der Waals surface area (Å²) in [5, 5.41) is 0. The molecule has 2 nitrogen and oxygen atoms in total. The van der Waals surface area contributed by atoms with E-state index in [2.05, 4.69) is 66.4 Å². The molecule has 0 amide bonds. The van der Waals surface area contributed by atoms with Crippen molar-refractivity contribution < 1.29 is 0 Å². The summed E-state index contributed by atoms with van der Waals surface area (Å²) in [5.74, 6) is 0. The fourth-order valence-electron chi connectivity index (χ4n) is 4.15. The first-order valence-electron chi connectivity index (χ1n) is 11.6. The second kappa shape index (κ2) is 13.7. The van der Waals surface area contributed by atoms with E-state index in [0.717, 1.165) is 6.54 Å². The Morgan fingerprint density at radius 3 is 1.85 bits per heavy atom. The summed E-state index contributed by atoms with van der Waals surface area (Å²) in [6.45, 7) is 5.73. The van der Waals surface area contributed by atoms with Crippen LogP contribution in [0.5, 0.6) is 0 Å². The van der Waals surface area contributed by atoms with E-state index >= 15 is 0 Å². The molecule has 1 aliphatic heterocycles. The van der Waals surface area contributed by atoms with Crippen LogP contribution in [0.2, 0.25) is 0 Å². The molecule has 2 rings (SSSR count). The van der Waals surface area contributed by atoms with Gasteiger partial charge in [0.2, 0.25) is 0 Å². The Bertz CT molecular complexity index is 496. The molecule has 0 N–H and O–H groups in total. The van der Waals surface area contributed by atoms with Crippen LogP contribution in [-0.2, 0) is 0 Å². The average molecular weight is 371 g/mol. The highest BCUT2D eigenvalue weighted by Crippen LogP contribution is 2.28. The van der Waals surface area contributed by atoms with Gasteiger partial charge in [0.25, 0.3) is 0 Å². The summed E-state index contributed by atoms with van der Waals surface area (Å²) >= 11 is 0. The van der Waals surface area contributed by atoms with Crippen molar-refractivity contribution in [2.24, 2.45) is 0 Å². The Balaban J connectivity index is 1.62. The minimum atomic E-state index is 0.505. The van der Waals surface area contributed by atoms with E-state index in [1.165, 1.54) is 89.2 Å². The maximum absolute atomic E-state index is 2.53. The van der Waals surface area contributed by atoms with Crippen LogP contribution >= 0.6 is 0 Å². The van der Waals surface area contributed by atoms with Gasteiger partial charge in [0.1, 0.15) is 6.17 Å². The van der Waals surface area contributed by atoms with Crippen molar-refractivity contribution in [3.05, 3.63) is 42.7 Å². The van der Waals surface area contributed by atoms with Crippen molar-refractivity contribution in [2.75, 3.05) is 11.4 Å². The predicted molar refractivity (Wildman–Crippen MR) is 120 cm³/mol. The van der Waals surface area contributed by atoms with Crippen molar-refractivity contribution >= 4 is 5.69 Å². The number of rotatable bonds is 15. The number of hydrogen-bond donors (Lipinski definition) is 0. The van der Waals surface area contributed by atoms with Crippen LogP contribution in [0.3, 0.4) is 0 Å². The molecule has 0 saturated heterocycles. The third kappa shape index (κ3) is 7.99. The van der Waals surface area contributed by atoms with Crippen molar-refractivity contribution in [1.29, 1.82) is 0 Å². The van der Waals surface area contributed by atoms with Crippen LogP contribution < -0.4 is 4.90 Å². The third-order valence-electron chi connectivity index (χ3n) is 5.72. The van der Waals surface area contributed by atoms with Crippen molar-refractivity contribution in [3.63, 3.8) is 0 Å². The summed E-state index contributed by atoms with van der Waals surface area (Å²) in [6.07, 6.45) is 23.1. The van der Waals surface area contributed by atoms with E-state index in [1.807, 2.05) is 0 Å². The number of nitrogens with zero attached hydrogens (tertiary/aromatic N) is 2. The Morgan fingerprint density at radius 1 is 0.667 bits per heavy atom. The molecule has 1 aliphatic rings. The molecule has 1 aromatic carbocycles. The molecule has 0 aromatic heterocycles. The van der Waals surface area contributed by atoms with Crippen molar-refractivity contribution in [2.45, 2.75) is 103 Å². The summed E-state index contributed by atoms with van der Waals surface area (Å²) in [4.78, 5) is 5.00. The van der Waals surface area contributed by atoms with Gasteiger partial charge < -0.3 is 9.80 Å². The van der Waals surface area contributed by atoms with E-state index in [9.17, 15) is 0 Å². The highest BCUT2D eigenvalue weighted by Gasteiger charge is 2.26. The van der Waals surface area contributed by atoms with Crippen LogP contribution in [0.1, 0.15) is 97.3 Å². The highest BCUT2D eigenvalue weighted by atomic mass is 15.4. The van der Waals surface area contributed by atoms with Gasteiger partial charge in [-0.1, -0.05) is 96.3 Å². The first kappa shape index (κ1) is 21.9. The lowest BCUT2D eigenvalue weighted by Gasteiger charge is -2.33. The fourth-order valence-corrected chi connectivity index (χ4v) is 4.15. The normalized spacial score (nSPS) is 16.4. The quantitative estimate of drug-likeness (QED) is 0.292. The van der Waals surface area contributed by atoms with E-state index < -0.39 is 0 Å². The second-order valence-corrected chi connectivity index (χ2v) is 8.08. The summed E-state index contributed by atoms with van der Waals surface area (Å²) in [6, 6.07) is 10.8. The molecule has 0 fully saturated rings. The van der Waals surface area contributed by atoms with Gasteiger partial charge in [0.15, 0.2) is 0 Å². The van der Waals surface area contributed by atoms with E-state index in [0.29, 0.717) is 6.17 Å². The van der Waals surface area contributed by atoms with Gasteiger partial charge in [-0.25, -0.2) is 0 Å². The Labute approximate surface area is 168 Å². The van der Waals surface area contributed by atoms with Gasteiger partial charge in [-0.05, 0) is 31.4 Å². The molecule has 27 heavy (non-hydrogen) atoms. The van der Waals surface area contributed by atoms with Crippen LogP contribution in [0, 0.1) is 0 Å². The summed E-state index contributed by atoms with van der Waals surface area (Å²) in [7, 11) is 0. The fraction of sp³-hybridized carbons (Fsp3) is 0.680. The molecular formula is C25H42N2. The van der Waals surface area contributed by atoms with Gasteiger partial charge in [0.05, 0.1) is 0 Å². The zero-order valence-electron chi connectivity index (χ0n) is 17.9. The topological polar surface area (TPSA) is 6.48 Å². The molecule has 1 heterocycles. The molecular weight excluding hydrogens is 328 g/mol. The van der Waals surface area contributed by atoms with Crippen LogP contribution in [0.4, 0.5) is 5.69 Å². The molecule has 0 spiro atoms. The summed E-state index contributed by atoms with van der Waals surface area (Å²) in [5.41, 5.74) is 1.32. The van der Waals surface area contributed by atoms with Crippen LogP contribution in [0.15, 0.2) is 42.7 Å². The van der Waals surface area contributed by atoms with Crippen LogP contribution in [0.25, 0.3) is 0 Å². The first-order chi connectivity index (χ1) is 13.4. The largest absolute Gasteiger partial charge is 0.356 e.